The third kappa shape index (κ3) is 9.36. The maximum absolute atomic E-state index is 11.1. The molecule has 0 aromatic heterocycles. The smallest absolute Gasteiger partial charge is 0.315 e. The van der Waals surface area contributed by atoms with Crippen LogP contribution in [0.3, 0.4) is 0 Å². The second-order valence-electron chi connectivity index (χ2n) is 3.45. The van der Waals surface area contributed by atoms with Crippen LogP contribution in [0.2, 0.25) is 0 Å². The largest absolute Gasteiger partial charge is 0.338 e. The van der Waals surface area contributed by atoms with E-state index in [0.29, 0.717) is 0 Å². The molecular formula is C11H23N2O. The molecule has 0 aromatic carbocycles. The number of amides is 2. The maximum Gasteiger partial charge on any atom is 0.315 e. The minimum absolute atomic E-state index is 0.0720. The lowest BCUT2D eigenvalue weighted by Crippen LogP contribution is -2.34. The second kappa shape index (κ2) is 10.4. The molecule has 0 fully saturated rings. The normalized spacial score (nSPS) is 9.86. The number of hydrogen-bond acceptors (Lipinski definition) is 1. The van der Waals surface area contributed by atoms with Gasteiger partial charge in [0.2, 0.25) is 0 Å². The SMILES string of the molecule is CCCC[CH]NC(=O)NCCCCC. The Morgan fingerprint density at radius 3 is 2.50 bits per heavy atom. The van der Waals surface area contributed by atoms with Crippen LogP contribution in [0.15, 0.2) is 0 Å². The number of carbonyl (C=O) groups excluding carboxylic acids is 1. The minimum Gasteiger partial charge on any atom is -0.338 e. The lowest BCUT2D eigenvalue weighted by Gasteiger charge is -2.06. The van der Waals surface area contributed by atoms with Crippen LogP contribution in [0.5, 0.6) is 0 Å². The van der Waals surface area contributed by atoms with E-state index in [1.54, 1.807) is 0 Å². The average molecular weight is 199 g/mol. The lowest BCUT2D eigenvalue weighted by atomic mass is 10.2. The zero-order valence-electron chi connectivity index (χ0n) is 9.44. The summed E-state index contributed by atoms with van der Waals surface area (Å²) < 4.78 is 0. The van der Waals surface area contributed by atoms with Gasteiger partial charge in [-0.1, -0.05) is 39.5 Å². The summed E-state index contributed by atoms with van der Waals surface area (Å²) >= 11 is 0. The van der Waals surface area contributed by atoms with Gasteiger partial charge in [0.05, 0.1) is 6.54 Å². The van der Waals surface area contributed by atoms with E-state index in [1.165, 1.54) is 12.8 Å². The Bertz CT molecular complexity index is 123. The van der Waals surface area contributed by atoms with Gasteiger partial charge < -0.3 is 10.6 Å². The van der Waals surface area contributed by atoms with Gasteiger partial charge in [-0.05, 0) is 12.8 Å². The molecule has 0 saturated heterocycles. The third-order valence-corrected chi connectivity index (χ3v) is 2.00. The van der Waals surface area contributed by atoms with Crippen LogP contribution in [0.25, 0.3) is 0 Å². The molecule has 2 amide bonds. The van der Waals surface area contributed by atoms with Gasteiger partial charge >= 0.3 is 6.03 Å². The molecule has 0 saturated carbocycles. The van der Waals surface area contributed by atoms with E-state index in [2.05, 4.69) is 24.5 Å². The van der Waals surface area contributed by atoms with E-state index in [1.807, 2.05) is 6.54 Å². The summed E-state index contributed by atoms with van der Waals surface area (Å²) in [5.74, 6) is 0. The molecule has 0 heterocycles. The highest BCUT2D eigenvalue weighted by Gasteiger charge is 1.97. The summed E-state index contributed by atoms with van der Waals surface area (Å²) in [6, 6.07) is -0.0720. The van der Waals surface area contributed by atoms with Crippen molar-refractivity contribution in [2.75, 3.05) is 6.54 Å². The second-order valence-corrected chi connectivity index (χ2v) is 3.45. The third-order valence-electron chi connectivity index (χ3n) is 2.00. The number of hydrogen-bond donors (Lipinski definition) is 2. The first-order valence-electron chi connectivity index (χ1n) is 5.67. The molecule has 3 heteroatoms. The summed E-state index contributed by atoms with van der Waals surface area (Å²) in [5, 5.41) is 5.53. The van der Waals surface area contributed by atoms with Crippen molar-refractivity contribution < 1.29 is 4.79 Å². The van der Waals surface area contributed by atoms with Crippen LogP contribution in [0.4, 0.5) is 4.79 Å². The molecule has 0 aliphatic rings. The first-order chi connectivity index (χ1) is 6.81. The molecule has 14 heavy (non-hydrogen) atoms. The van der Waals surface area contributed by atoms with Crippen molar-refractivity contribution in [3.8, 4) is 0 Å². The van der Waals surface area contributed by atoms with Crippen LogP contribution < -0.4 is 10.6 Å². The molecule has 2 N–H and O–H groups in total. The predicted octanol–water partition coefficient (Wildman–Crippen LogP) is 2.83. The molecule has 0 bridgehead atoms. The molecule has 0 unspecified atom stereocenters. The van der Waals surface area contributed by atoms with Gasteiger partial charge in [-0.25, -0.2) is 4.79 Å². The van der Waals surface area contributed by atoms with Crippen molar-refractivity contribution in [3.63, 3.8) is 0 Å². The molecule has 3 nitrogen and oxygen atoms in total. The van der Waals surface area contributed by atoms with E-state index < -0.39 is 0 Å². The van der Waals surface area contributed by atoms with E-state index in [9.17, 15) is 4.79 Å². The molecule has 83 valence electrons. The van der Waals surface area contributed by atoms with Crippen LogP contribution in [-0.4, -0.2) is 12.6 Å². The summed E-state index contributed by atoms with van der Waals surface area (Å²) in [4.78, 5) is 11.1. The number of urea groups is 1. The fraction of sp³-hybridized carbons (Fsp3) is 0.818. The highest BCUT2D eigenvalue weighted by Crippen LogP contribution is 1.94. The predicted molar refractivity (Wildman–Crippen MR) is 59.9 cm³/mol. The number of nitrogens with one attached hydrogen (secondary N) is 2. The van der Waals surface area contributed by atoms with E-state index >= 15 is 0 Å². The van der Waals surface area contributed by atoms with Gasteiger partial charge in [-0.2, -0.15) is 0 Å². The standard InChI is InChI=1S/C11H23N2O/c1-3-5-7-9-12-11(14)13-10-8-6-4-2/h9H,3-8,10H2,1-2H3,(H2,12,13,14). The van der Waals surface area contributed by atoms with Crippen molar-refractivity contribution >= 4 is 6.03 Å². The van der Waals surface area contributed by atoms with Crippen molar-refractivity contribution in [1.82, 2.24) is 10.6 Å². The fourth-order valence-corrected chi connectivity index (χ4v) is 1.10. The average Bonchev–Trinajstić information content (AvgIpc) is 2.19. The Hall–Kier alpha value is -0.730. The highest BCUT2D eigenvalue weighted by atomic mass is 16.2. The summed E-state index contributed by atoms with van der Waals surface area (Å²) in [6.07, 6.45) is 6.69. The topological polar surface area (TPSA) is 41.1 Å². The zero-order chi connectivity index (χ0) is 10.6. The van der Waals surface area contributed by atoms with E-state index in [4.69, 9.17) is 0 Å². The summed E-state index contributed by atoms with van der Waals surface area (Å²) in [6.45, 7) is 6.90. The van der Waals surface area contributed by atoms with Crippen LogP contribution in [0, 0.1) is 6.54 Å². The van der Waals surface area contributed by atoms with Gasteiger partial charge in [0, 0.05) is 6.54 Å². The van der Waals surface area contributed by atoms with Crippen molar-refractivity contribution in [3.05, 3.63) is 6.54 Å². The van der Waals surface area contributed by atoms with E-state index in [-0.39, 0.29) is 6.03 Å². The first-order valence-corrected chi connectivity index (χ1v) is 5.67. The number of unbranched alkanes of at least 4 members (excludes halogenated alkanes) is 4. The molecule has 0 atom stereocenters. The number of rotatable bonds is 8. The molecule has 0 aliphatic heterocycles. The van der Waals surface area contributed by atoms with Gasteiger partial charge in [-0.3, -0.25) is 0 Å². The summed E-state index contributed by atoms with van der Waals surface area (Å²) in [5.41, 5.74) is 0. The van der Waals surface area contributed by atoms with Crippen LogP contribution >= 0.6 is 0 Å². The Morgan fingerprint density at radius 1 is 1.14 bits per heavy atom. The zero-order valence-corrected chi connectivity index (χ0v) is 9.44. The van der Waals surface area contributed by atoms with Gasteiger partial charge in [0.25, 0.3) is 0 Å². The van der Waals surface area contributed by atoms with Crippen molar-refractivity contribution in [2.45, 2.75) is 52.4 Å². The Morgan fingerprint density at radius 2 is 1.86 bits per heavy atom. The van der Waals surface area contributed by atoms with Crippen molar-refractivity contribution in [1.29, 1.82) is 0 Å². The molecule has 0 aliphatic carbocycles. The van der Waals surface area contributed by atoms with Gasteiger partial charge in [0.15, 0.2) is 0 Å². The highest BCUT2D eigenvalue weighted by molar-refractivity contribution is 5.74. The fourth-order valence-electron chi connectivity index (χ4n) is 1.10. The quantitative estimate of drug-likeness (QED) is 0.580. The Kier molecular flexibility index (Phi) is 9.81. The molecule has 1 radical (unpaired) electrons. The molecule has 0 rings (SSSR count). The molecule has 0 aromatic rings. The molecule has 0 spiro atoms. The Labute approximate surface area is 87.6 Å². The van der Waals surface area contributed by atoms with Crippen molar-refractivity contribution in [2.24, 2.45) is 0 Å². The van der Waals surface area contributed by atoms with Gasteiger partial charge in [0.1, 0.15) is 0 Å². The van der Waals surface area contributed by atoms with Crippen LogP contribution in [-0.2, 0) is 0 Å². The van der Waals surface area contributed by atoms with E-state index in [0.717, 1.165) is 32.2 Å². The minimum atomic E-state index is -0.0720. The van der Waals surface area contributed by atoms with Crippen LogP contribution in [0.1, 0.15) is 52.4 Å². The van der Waals surface area contributed by atoms with Gasteiger partial charge in [-0.15, -0.1) is 0 Å². The Balaban J connectivity index is 3.11. The number of carbonyl (C=O) groups is 1. The molecular weight excluding hydrogens is 176 g/mol. The maximum atomic E-state index is 11.1. The summed E-state index contributed by atoms with van der Waals surface area (Å²) in [7, 11) is 0. The monoisotopic (exact) mass is 199 g/mol. The first kappa shape index (κ1) is 13.3. The lowest BCUT2D eigenvalue weighted by molar-refractivity contribution is 0.242.